The fourth-order valence-electron chi connectivity index (χ4n) is 1.90. The Morgan fingerprint density at radius 2 is 1.93 bits per heavy atom. The summed E-state index contributed by atoms with van der Waals surface area (Å²) in [5.74, 6) is 0. The van der Waals surface area contributed by atoms with Crippen LogP contribution in [0, 0.1) is 5.41 Å². The summed E-state index contributed by atoms with van der Waals surface area (Å²) in [6, 6.07) is 0. The topological polar surface area (TPSA) is 20.2 Å². The predicted octanol–water partition coefficient (Wildman–Crippen LogP) is 5.00. The summed E-state index contributed by atoms with van der Waals surface area (Å²) in [6.45, 7) is 11.2. The van der Waals surface area contributed by atoms with Crippen molar-refractivity contribution in [1.29, 1.82) is 0 Å². The van der Waals surface area contributed by atoms with Gasteiger partial charge in [0.25, 0.3) is 0 Å². The first-order valence-electron chi connectivity index (χ1n) is 5.97. The highest BCUT2D eigenvalue weighted by atomic mass is 16.2. The molecule has 0 amide bonds. The third-order valence-corrected chi connectivity index (χ3v) is 3.72. The van der Waals surface area contributed by atoms with Crippen LogP contribution in [0.5, 0.6) is 0 Å². The van der Waals surface area contributed by atoms with Crippen molar-refractivity contribution in [3.8, 4) is 0 Å². The van der Waals surface area contributed by atoms with Crippen molar-refractivity contribution < 1.29 is 5.11 Å². The zero-order chi connectivity index (χ0) is 11.9. The molecule has 0 saturated carbocycles. The number of aliphatic hydroxyl groups is 1. The molecule has 88 valence electrons. The van der Waals surface area contributed by atoms with E-state index >= 15 is 0 Å². The van der Waals surface area contributed by atoms with Crippen LogP contribution in [0.2, 0.25) is 0 Å². The number of rotatable bonds is 2. The smallest absolute Gasteiger partial charge is 0.0751 e. The molecule has 1 heteroatoms. The van der Waals surface area contributed by atoms with Crippen molar-refractivity contribution in [3.05, 3.63) is 23.5 Å². The van der Waals surface area contributed by atoms with Crippen molar-refractivity contribution in [2.75, 3.05) is 0 Å². The molecule has 0 aromatic carbocycles. The normalized spacial score (nSPS) is 25.7. The van der Waals surface area contributed by atoms with E-state index in [1.165, 1.54) is 19.3 Å². The molecule has 1 aliphatic carbocycles. The van der Waals surface area contributed by atoms with Crippen LogP contribution in [-0.2, 0) is 0 Å². The van der Waals surface area contributed by atoms with Crippen LogP contribution in [0.15, 0.2) is 23.5 Å². The molecular formula is C14H26O. The Morgan fingerprint density at radius 1 is 1.33 bits per heavy atom. The first-order chi connectivity index (χ1) is 7.01. The zero-order valence-corrected chi connectivity index (χ0v) is 10.9. The Hall–Kier alpha value is -0.720. The van der Waals surface area contributed by atoms with Gasteiger partial charge >= 0.3 is 0 Å². The second-order valence-electron chi connectivity index (χ2n) is 4.61. The van der Waals surface area contributed by atoms with Crippen LogP contribution in [0.4, 0.5) is 0 Å². The lowest BCUT2D eigenvalue weighted by atomic mass is 9.81. The molecule has 0 aromatic heterocycles. The third kappa shape index (κ3) is 4.11. The van der Waals surface area contributed by atoms with Gasteiger partial charge in [0.05, 0.1) is 6.26 Å². The van der Waals surface area contributed by atoms with Gasteiger partial charge in [-0.2, -0.15) is 0 Å². The van der Waals surface area contributed by atoms with Gasteiger partial charge < -0.3 is 5.11 Å². The second kappa shape index (κ2) is 6.71. The molecule has 0 heterocycles. The summed E-state index contributed by atoms with van der Waals surface area (Å²) in [5.41, 5.74) is 3.82. The van der Waals surface area contributed by atoms with Crippen LogP contribution in [0.3, 0.4) is 0 Å². The van der Waals surface area contributed by atoms with Crippen LogP contribution in [0.25, 0.3) is 0 Å². The highest BCUT2D eigenvalue weighted by Crippen LogP contribution is 2.44. The van der Waals surface area contributed by atoms with Gasteiger partial charge in [-0.1, -0.05) is 38.0 Å². The minimum absolute atomic E-state index is 0.546. The standard InChI is InChI=1S/C10H18.C4H8O/c1-5-10(4)7-6-8(2)9(10)3;1-2-3-4-5/h5-7H2,1-4H3;3-5H,2H2,1H3. The Kier molecular flexibility index (Phi) is 6.38. The molecule has 0 saturated heterocycles. The first kappa shape index (κ1) is 14.3. The summed E-state index contributed by atoms with van der Waals surface area (Å²) in [7, 11) is 0. The van der Waals surface area contributed by atoms with Gasteiger partial charge in [0, 0.05) is 0 Å². The van der Waals surface area contributed by atoms with Crippen LogP contribution >= 0.6 is 0 Å². The van der Waals surface area contributed by atoms with Crippen molar-refractivity contribution in [3.63, 3.8) is 0 Å². The van der Waals surface area contributed by atoms with E-state index in [0.29, 0.717) is 5.41 Å². The molecule has 1 rings (SSSR count). The van der Waals surface area contributed by atoms with E-state index < -0.39 is 0 Å². The Labute approximate surface area is 94.9 Å². The van der Waals surface area contributed by atoms with Gasteiger partial charge in [-0.05, 0) is 44.9 Å². The lowest BCUT2D eigenvalue weighted by Crippen LogP contribution is -2.11. The maximum Gasteiger partial charge on any atom is 0.0751 e. The van der Waals surface area contributed by atoms with E-state index in [-0.39, 0.29) is 0 Å². The van der Waals surface area contributed by atoms with Gasteiger partial charge in [-0.3, -0.25) is 0 Å². The van der Waals surface area contributed by atoms with Gasteiger partial charge in [-0.25, -0.2) is 0 Å². The molecule has 0 bridgehead atoms. The monoisotopic (exact) mass is 210 g/mol. The molecular weight excluding hydrogens is 184 g/mol. The molecule has 0 spiro atoms. The van der Waals surface area contributed by atoms with Crippen molar-refractivity contribution >= 4 is 0 Å². The van der Waals surface area contributed by atoms with E-state index in [4.69, 9.17) is 5.11 Å². The molecule has 1 N–H and O–H groups in total. The van der Waals surface area contributed by atoms with Gasteiger partial charge in [-0.15, -0.1) is 0 Å². The number of aliphatic hydroxyl groups excluding tert-OH is 1. The van der Waals surface area contributed by atoms with Crippen molar-refractivity contribution in [2.24, 2.45) is 5.41 Å². The molecule has 0 fully saturated rings. The largest absolute Gasteiger partial charge is 0.516 e. The van der Waals surface area contributed by atoms with Crippen molar-refractivity contribution in [1.82, 2.24) is 0 Å². The molecule has 1 nitrogen and oxygen atoms in total. The molecule has 1 atom stereocenters. The summed E-state index contributed by atoms with van der Waals surface area (Å²) < 4.78 is 0. The fourth-order valence-corrected chi connectivity index (χ4v) is 1.90. The lowest BCUT2D eigenvalue weighted by Gasteiger charge is -2.23. The van der Waals surface area contributed by atoms with Gasteiger partial charge in [0.2, 0.25) is 0 Å². The van der Waals surface area contributed by atoms with E-state index in [2.05, 4.69) is 27.7 Å². The maximum absolute atomic E-state index is 7.89. The number of hydrogen-bond acceptors (Lipinski definition) is 1. The summed E-state index contributed by atoms with van der Waals surface area (Å²) in [6.07, 6.45) is 7.66. The van der Waals surface area contributed by atoms with E-state index in [1.54, 1.807) is 17.2 Å². The summed E-state index contributed by atoms with van der Waals surface area (Å²) >= 11 is 0. The second-order valence-corrected chi connectivity index (χ2v) is 4.61. The quantitative estimate of drug-likeness (QED) is 0.502. The third-order valence-electron chi connectivity index (χ3n) is 3.72. The first-order valence-corrected chi connectivity index (χ1v) is 5.97. The fraction of sp³-hybridized carbons (Fsp3) is 0.714. The number of hydrogen-bond donors (Lipinski definition) is 1. The molecule has 0 radical (unpaired) electrons. The SMILES string of the molecule is CCC1(C)CCC(C)=C1C.CCC=CO. The molecule has 15 heavy (non-hydrogen) atoms. The Balaban J connectivity index is 0.000000336. The average Bonchev–Trinajstić information content (AvgIpc) is 2.49. The Morgan fingerprint density at radius 3 is 2.07 bits per heavy atom. The van der Waals surface area contributed by atoms with E-state index in [0.717, 1.165) is 12.7 Å². The highest BCUT2D eigenvalue weighted by molar-refractivity contribution is 5.23. The highest BCUT2D eigenvalue weighted by Gasteiger charge is 2.29. The minimum atomic E-state index is 0.546. The van der Waals surface area contributed by atoms with Gasteiger partial charge in [0.1, 0.15) is 0 Å². The van der Waals surface area contributed by atoms with E-state index in [9.17, 15) is 0 Å². The van der Waals surface area contributed by atoms with Crippen LogP contribution in [-0.4, -0.2) is 5.11 Å². The van der Waals surface area contributed by atoms with Crippen molar-refractivity contribution in [2.45, 2.75) is 60.3 Å². The Bertz CT molecular complexity index is 238. The van der Waals surface area contributed by atoms with Crippen LogP contribution in [0.1, 0.15) is 60.3 Å². The summed E-state index contributed by atoms with van der Waals surface area (Å²) in [5, 5.41) is 7.89. The lowest BCUT2D eigenvalue weighted by molar-refractivity contribution is 0.379. The minimum Gasteiger partial charge on any atom is -0.516 e. The maximum atomic E-state index is 7.89. The molecule has 1 unspecified atom stereocenters. The van der Waals surface area contributed by atoms with Crippen LogP contribution < -0.4 is 0 Å². The van der Waals surface area contributed by atoms with Gasteiger partial charge in [0.15, 0.2) is 0 Å². The van der Waals surface area contributed by atoms with E-state index in [1.807, 2.05) is 6.92 Å². The average molecular weight is 210 g/mol. The molecule has 1 aliphatic rings. The molecule has 0 aromatic rings. The summed E-state index contributed by atoms with van der Waals surface area (Å²) in [4.78, 5) is 0. The predicted molar refractivity (Wildman–Crippen MR) is 68.1 cm³/mol. The zero-order valence-electron chi connectivity index (χ0n) is 10.9. The number of allylic oxidation sites excluding steroid dienone is 3. The molecule has 0 aliphatic heterocycles.